The van der Waals surface area contributed by atoms with E-state index in [1.54, 1.807) is 6.08 Å². The average molecular weight is 374 g/mol. The SMILES string of the molecule is O=C(O)C1CCCN(C(=O)CN2C(=O)S/C(=C/c3ccccc3)C2=O)C1. The Balaban J connectivity index is 1.67. The summed E-state index contributed by atoms with van der Waals surface area (Å²) in [5.74, 6) is -2.43. The fraction of sp³-hybridized carbons (Fsp3) is 0.333. The van der Waals surface area contributed by atoms with Gasteiger partial charge in [0, 0.05) is 13.1 Å². The van der Waals surface area contributed by atoms with Crippen molar-refractivity contribution < 1.29 is 24.3 Å². The molecule has 1 aromatic carbocycles. The highest BCUT2D eigenvalue weighted by molar-refractivity contribution is 8.18. The fourth-order valence-electron chi connectivity index (χ4n) is 2.98. The summed E-state index contributed by atoms with van der Waals surface area (Å²) in [6, 6.07) is 9.15. The summed E-state index contributed by atoms with van der Waals surface area (Å²) in [5, 5.41) is 8.63. The lowest BCUT2D eigenvalue weighted by Crippen LogP contribution is -2.47. The molecule has 3 amide bonds. The highest BCUT2D eigenvalue weighted by Gasteiger charge is 2.38. The summed E-state index contributed by atoms with van der Waals surface area (Å²) in [5.41, 5.74) is 0.796. The van der Waals surface area contributed by atoms with Crippen LogP contribution in [0.25, 0.3) is 6.08 Å². The molecule has 2 aliphatic rings. The summed E-state index contributed by atoms with van der Waals surface area (Å²) in [4.78, 5) is 50.8. The third kappa shape index (κ3) is 3.96. The van der Waals surface area contributed by atoms with E-state index in [1.165, 1.54) is 4.90 Å². The van der Waals surface area contributed by atoms with Gasteiger partial charge in [-0.2, -0.15) is 0 Å². The molecule has 0 saturated carbocycles. The molecule has 2 aliphatic heterocycles. The average Bonchev–Trinajstić information content (AvgIpc) is 2.90. The molecule has 0 aromatic heterocycles. The van der Waals surface area contributed by atoms with Crippen molar-refractivity contribution in [2.24, 2.45) is 5.92 Å². The van der Waals surface area contributed by atoms with E-state index in [4.69, 9.17) is 5.11 Å². The minimum atomic E-state index is -0.931. The predicted octanol–water partition coefficient (Wildman–Crippen LogP) is 2.05. The number of hydrogen-bond donors (Lipinski definition) is 1. The second-order valence-corrected chi connectivity index (χ2v) is 7.19. The number of benzene rings is 1. The summed E-state index contributed by atoms with van der Waals surface area (Å²) >= 11 is 0.804. The van der Waals surface area contributed by atoms with Gasteiger partial charge in [-0.25, -0.2) is 0 Å². The number of nitrogens with zero attached hydrogens (tertiary/aromatic N) is 2. The minimum Gasteiger partial charge on any atom is -0.481 e. The molecule has 0 radical (unpaired) electrons. The molecule has 2 saturated heterocycles. The van der Waals surface area contributed by atoms with Crippen molar-refractivity contribution in [1.82, 2.24) is 9.80 Å². The first kappa shape index (κ1) is 18.2. The third-order valence-electron chi connectivity index (χ3n) is 4.39. The second kappa shape index (κ2) is 7.74. The molecule has 8 heteroatoms. The number of aliphatic carboxylic acids is 1. The Morgan fingerprint density at radius 1 is 1.23 bits per heavy atom. The monoisotopic (exact) mass is 374 g/mol. The summed E-state index contributed by atoms with van der Waals surface area (Å²) in [7, 11) is 0. The zero-order valence-electron chi connectivity index (χ0n) is 14.0. The van der Waals surface area contributed by atoms with E-state index in [1.807, 2.05) is 30.3 Å². The Morgan fingerprint density at radius 2 is 1.96 bits per heavy atom. The molecule has 1 aromatic rings. The third-order valence-corrected chi connectivity index (χ3v) is 5.30. The van der Waals surface area contributed by atoms with Crippen LogP contribution in [0, 0.1) is 5.92 Å². The van der Waals surface area contributed by atoms with Crippen molar-refractivity contribution in [2.45, 2.75) is 12.8 Å². The molecule has 136 valence electrons. The summed E-state index contributed by atoms with van der Waals surface area (Å²) in [6.07, 6.45) is 2.75. The lowest BCUT2D eigenvalue weighted by molar-refractivity contribution is -0.146. The van der Waals surface area contributed by atoms with Crippen LogP contribution in [0.3, 0.4) is 0 Å². The number of thioether (sulfide) groups is 1. The van der Waals surface area contributed by atoms with Crippen molar-refractivity contribution in [3.63, 3.8) is 0 Å². The van der Waals surface area contributed by atoms with E-state index in [-0.39, 0.29) is 18.0 Å². The first-order valence-electron chi connectivity index (χ1n) is 8.26. The van der Waals surface area contributed by atoms with E-state index < -0.39 is 28.9 Å². The number of amides is 3. The van der Waals surface area contributed by atoms with Gasteiger partial charge in [0.25, 0.3) is 11.1 Å². The van der Waals surface area contributed by atoms with Crippen molar-refractivity contribution in [3.8, 4) is 0 Å². The molecule has 0 spiro atoms. The number of piperidine rings is 1. The van der Waals surface area contributed by atoms with Crippen LogP contribution in [0.2, 0.25) is 0 Å². The normalized spacial score (nSPS) is 22.2. The van der Waals surface area contributed by atoms with Gasteiger partial charge in [-0.15, -0.1) is 0 Å². The van der Waals surface area contributed by atoms with Gasteiger partial charge in [-0.05, 0) is 36.2 Å². The van der Waals surface area contributed by atoms with Crippen LogP contribution in [0.15, 0.2) is 35.2 Å². The van der Waals surface area contributed by atoms with Gasteiger partial charge in [0.15, 0.2) is 0 Å². The van der Waals surface area contributed by atoms with Gasteiger partial charge in [-0.1, -0.05) is 30.3 Å². The van der Waals surface area contributed by atoms with Crippen molar-refractivity contribution in [2.75, 3.05) is 19.6 Å². The number of rotatable bonds is 4. The van der Waals surface area contributed by atoms with Crippen LogP contribution < -0.4 is 0 Å². The van der Waals surface area contributed by atoms with E-state index in [0.717, 1.165) is 22.2 Å². The Hall–Kier alpha value is -2.61. The van der Waals surface area contributed by atoms with Crippen LogP contribution in [0.5, 0.6) is 0 Å². The highest BCUT2D eigenvalue weighted by Crippen LogP contribution is 2.32. The molecule has 0 bridgehead atoms. The second-order valence-electron chi connectivity index (χ2n) is 6.20. The molecule has 3 rings (SSSR count). The summed E-state index contributed by atoms with van der Waals surface area (Å²) in [6.45, 7) is 0.200. The quantitative estimate of drug-likeness (QED) is 0.811. The maximum absolute atomic E-state index is 12.5. The Kier molecular flexibility index (Phi) is 5.41. The standard InChI is InChI=1S/C18H18N2O5S/c21-15(19-8-4-7-13(10-19)17(23)24)11-20-16(22)14(26-18(20)25)9-12-5-2-1-3-6-12/h1-3,5-6,9,13H,4,7-8,10-11H2,(H,23,24)/b14-9+. The number of carboxylic acid groups (broad SMARTS) is 1. The Morgan fingerprint density at radius 3 is 2.65 bits per heavy atom. The number of hydrogen-bond acceptors (Lipinski definition) is 5. The van der Waals surface area contributed by atoms with Gasteiger partial charge in [0.2, 0.25) is 5.91 Å². The molecule has 2 heterocycles. The maximum atomic E-state index is 12.5. The van der Waals surface area contributed by atoms with E-state index in [9.17, 15) is 19.2 Å². The van der Waals surface area contributed by atoms with Crippen molar-refractivity contribution in [1.29, 1.82) is 0 Å². The van der Waals surface area contributed by atoms with Crippen LogP contribution in [-0.2, 0) is 14.4 Å². The van der Waals surface area contributed by atoms with Crippen molar-refractivity contribution in [3.05, 3.63) is 40.8 Å². The summed E-state index contributed by atoms with van der Waals surface area (Å²) < 4.78 is 0. The van der Waals surface area contributed by atoms with Crippen LogP contribution in [0.4, 0.5) is 4.79 Å². The fourth-order valence-corrected chi connectivity index (χ4v) is 3.82. The predicted molar refractivity (Wildman–Crippen MR) is 96.1 cm³/mol. The number of imide groups is 1. The van der Waals surface area contributed by atoms with E-state index in [2.05, 4.69) is 0 Å². The van der Waals surface area contributed by atoms with Gasteiger partial charge in [0.05, 0.1) is 10.8 Å². The van der Waals surface area contributed by atoms with E-state index >= 15 is 0 Å². The van der Waals surface area contributed by atoms with Crippen LogP contribution in [-0.4, -0.2) is 57.6 Å². The Bertz CT molecular complexity index is 777. The van der Waals surface area contributed by atoms with Gasteiger partial charge >= 0.3 is 5.97 Å². The molecular formula is C18H18N2O5S. The zero-order chi connectivity index (χ0) is 18.7. The Labute approximate surface area is 154 Å². The van der Waals surface area contributed by atoms with Gasteiger partial charge < -0.3 is 10.0 Å². The number of likely N-dealkylation sites (tertiary alicyclic amines) is 1. The largest absolute Gasteiger partial charge is 0.481 e. The molecule has 2 fully saturated rings. The smallest absolute Gasteiger partial charge is 0.308 e. The molecule has 26 heavy (non-hydrogen) atoms. The number of carboxylic acids is 1. The number of carbonyl (C=O) groups excluding carboxylic acids is 3. The molecule has 1 unspecified atom stereocenters. The molecular weight excluding hydrogens is 356 g/mol. The lowest BCUT2D eigenvalue weighted by Gasteiger charge is -2.31. The van der Waals surface area contributed by atoms with Crippen LogP contribution in [0.1, 0.15) is 18.4 Å². The molecule has 0 aliphatic carbocycles. The topological polar surface area (TPSA) is 95.0 Å². The molecule has 1 atom stereocenters. The number of carbonyl (C=O) groups is 4. The highest BCUT2D eigenvalue weighted by atomic mass is 32.2. The van der Waals surface area contributed by atoms with Gasteiger partial charge in [-0.3, -0.25) is 24.1 Å². The van der Waals surface area contributed by atoms with Gasteiger partial charge in [0.1, 0.15) is 6.54 Å². The maximum Gasteiger partial charge on any atom is 0.308 e. The van der Waals surface area contributed by atoms with E-state index in [0.29, 0.717) is 19.4 Å². The molecule has 1 N–H and O–H groups in total. The minimum absolute atomic E-state index is 0.115. The first-order chi connectivity index (χ1) is 12.5. The first-order valence-corrected chi connectivity index (χ1v) is 9.08. The van der Waals surface area contributed by atoms with Crippen LogP contribution >= 0.6 is 11.8 Å². The van der Waals surface area contributed by atoms with Crippen molar-refractivity contribution >= 4 is 40.9 Å². The molecule has 7 nitrogen and oxygen atoms in total. The lowest BCUT2D eigenvalue weighted by atomic mass is 9.98. The zero-order valence-corrected chi connectivity index (χ0v) is 14.8.